The zero-order valence-electron chi connectivity index (χ0n) is 9.59. The molecule has 0 bridgehead atoms. The number of rotatable bonds is 3. The van der Waals surface area contributed by atoms with Crippen LogP contribution in [0, 0.1) is 11.3 Å². The number of nitriles is 1. The summed E-state index contributed by atoms with van der Waals surface area (Å²) in [5, 5.41) is 11.2. The number of nitrogens with zero attached hydrogens (tertiary/aromatic N) is 3. The highest BCUT2D eigenvalue weighted by molar-refractivity contribution is 7.10. The fourth-order valence-corrected chi connectivity index (χ4v) is 2.74. The van der Waals surface area contributed by atoms with Gasteiger partial charge in [-0.25, -0.2) is 0 Å². The van der Waals surface area contributed by atoms with Crippen LogP contribution in [0.3, 0.4) is 0 Å². The second-order valence-corrected chi connectivity index (χ2v) is 5.28. The monoisotopic (exact) mass is 235 g/mol. The average molecular weight is 235 g/mol. The van der Waals surface area contributed by atoms with Crippen molar-refractivity contribution in [2.75, 3.05) is 39.8 Å². The first-order valence-electron chi connectivity index (χ1n) is 5.63. The van der Waals surface area contributed by atoms with Crippen molar-refractivity contribution in [3.63, 3.8) is 0 Å². The Labute approximate surface area is 101 Å². The minimum Gasteiger partial charge on any atom is -0.304 e. The normalized spacial score (nSPS) is 20.5. The van der Waals surface area contributed by atoms with Crippen LogP contribution in [0.1, 0.15) is 10.8 Å². The highest BCUT2D eigenvalue weighted by Crippen LogP contribution is 2.21. The largest absolute Gasteiger partial charge is 0.304 e. The first kappa shape index (κ1) is 11.6. The van der Waals surface area contributed by atoms with Gasteiger partial charge in [-0.2, -0.15) is 5.26 Å². The molecular weight excluding hydrogens is 218 g/mol. The van der Waals surface area contributed by atoms with Gasteiger partial charge in [0, 0.05) is 37.6 Å². The third-order valence-electron chi connectivity index (χ3n) is 3.08. The van der Waals surface area contributed by atoms with Gasteiger partial charge in [-0.3, -0.25) is 4.90 Å². The molecule has 1 atom stereocenters. The summed E-state index contributed by atoms with van der Waals surface area (Å²) >= 11 is 1.69. The highest BCUT2D eigenvalue weighted by Gasteiger charge is 2.19. The van der Waals surface area contributed by atoms with E-state index in [4.69, 9.17) is 0 Å². The van der Waals surface area contributed by atoms with Crippen molar-refractivity contribution in [2.45, 2.75) is 5.92 Å². The predicted molar refractivity (Wildman–Crippen MR) is 66.6 cm³/mol. The number of hydrogen-bond donors (Lipinski definition) is 0. The fourth-order valence-electron chi connectivity index (χ4n) is 1.97. The van der Waals surface area contributed by atoms with Crippen molar-refractivity contribution in [2.24, 2.45) is 0 Å². The maximum Gasteiger partial charge on any atom is 0.0932 e. The van der Waals surface area contributed by atoms with Crippen LogP contribution in [-0.2, 0) is 0 Å². The van der Waals surface area contributed by atoms with E-state index < -0.39 is 0 Å². The van der Waals surface area contributed by atoms with Crippen LogP contribution in [0.25, 0.3) is 0 Å². The molecule has 0 amide bonds. The van der Waals surface area contributed by atoms with Crippen LogP contribution in [0.15, 0.2) is 17.5 Å². The summed E-state index contributed by atoms with van der Waals surface area (Å²) in [5.74, 6) is 0.0448. The zero-order chi connectivity index (χ0) is 11.4. The van der Waals surface area contributed by atoms with Crippen molar-refractivity contribution >= 4 is 11.3 Å². The van der Waals surface area contributed by atoms with Gasteiger partial charge in [-0.1, -0.05) is 6.07 Å². The topological polar surface area (TPSA) is 30.3 Å². The Morgan fingerprint density at radius 3 is 2.75 bits per heavy atom. The first-order chi connectivity index (χ1) is 7.79. The molecule has 1 aromatic heterocycles. The Balaban J connectivity index is 1.91. The van der Waals surface area contributed by atoms with E-state index in [0.29, 0.717) is 0 Å². The summed E-state index contributed by atoms with van der Waals surface area (Å²) in [5.41, 5.74) is 0. The van der Waals surface area contributed by atoms with Crippen LogP contribution < -0.4 is 0 Å². The standard InChI is InChI=1S/C12H17N3S/c1-14-4-6-15(7-5-14)10-11(9-13)12-3-2-8-16-12/h2-3,8,11H,4-7,10H2,1H3. The Morgan fingerprint density at radius 1 is 1.44 bits per heavy atom. The summed E-state index contributed by atoms with van der Waals surface area (Å²) < 4.78 is 0. The maximum absolute atomic E-state index is 9.20. The average Bonchev–Trinajstić information content (AvgIpc) is 2.82. The van der Waals surface area contributed by atoms with Crippen molar-refractivity contribution in [1.82, 2.24) is 9.80 Å². The summed E-state index contributed by atoms with van der Waals surface area (Å²) in [7, 11) is 2.15. The number of thiophene rings is 1. The second kappa shape index (κ2) is 5.44. The lowest BCUT2D eigenvalue weighted by Crippen LogP contribution is -2.45. The summed E-state index contributed by atoms with van der Waals surface area (Å²) in [6.45, 7) is 5.27. The quantitative estimate of drug-likeness (QED) is 0.797. The minimum atomic E-state index is 0.0448. The lowest BCUT2D eigenvalue weighted by atomic mass is 10.1. The molecule has 1 aliphatic heterocycles. The first-order valence-corrected chi connectivity index (χ1v) is 6.51. The van der Waals surface area contributed by atoms with Gasteiger partial charge in [0.05, 0.1) is 12.0 Å². The number of piperazine rings is 1. The molecule has 86 valence electrons. The molecule has 2 heterocycles. The molecule has 0 aliphatic carbocycles. The lowest BCUT2D eigenvalue weighted by molar-refractivity contribution is 0.152. The molecule has 4 heteroatoms. The van der Waals surface area contributed by atoms with Gasteiger partial charge in [0.25, 0.3) is 0 Å². The third-order valence-corrected chi connectivity index (χ3v) is 4.07. The van der Waals surface area contributed by atoms with Gasteiger partial charge < -0.3 is 4.90 Å². The smallest absolute Gasteiger partial charge is 0.0932 e. The van der Waals surface area contributed by atoms with E-state index in [1.54, 1.807) is 11.3 Å². The summed E-state index contributed by atoms with van der Waals surface area (Å²) in [6, 6.07) is 6.50. The molecule has 1 saturated heterocycles. The lowest BCUT2D eigenvalue weighted by Gasteiger charge is -2.33. The van der Waals surface area contributed by atoms with Gasteiger partial charge >= 0.3 is 0 Å². The molecule has 1 fully saturated rings. The Kier molecular flexibility index (Phi) is 3.94. The van der Waals surface area contributed by atoms with Gasteiger partial charge in [-0.05, 0) is 18.5 Å². The summed E-state index contributed by atoms with van der Waals surface area (Å²) in [6.07, 6.45) is 0. The van der Waals surface area contributed by atoms with Crippen LogP contribution in [0.4, 0.5) is 0 Å². The molecule has 0 radical (unpaired) electrons. The Hall–Kier alpha value is -0.890. The van der Waals surface area contributed by atoms with Crippen LogP contribution in [-0.4, -0.2) is 49.6 Å². The van der Waals surface area contributed by atoms with E-state index in [1.807, 2.05) is 11.4 Å². The predicted octanol–water partition coefficient (Wildman–Crippen LogP) is 1.60. The van der Waals surface area contributed by atoms with Gasteiger partial charge in [0.15, 0.2) is 0 Å². The fraction of sp³-hybridized carbons (Fsp3) is 0.583. The molecule has 0 N–H and O–H groups in total. The zero-order valence-corrected chi connectivity index (χ0v) is 10.4. The second-order valence-electron chi connectivity index (χ2n) is 4.30. The maximum atomic E-state index is 9.20. The van der Waals surface area contributed by atoms with E-state index in [-0.39, 0.29) is 5.92 Å². The van der Waals surface area contributed by atoms with Crippen molar-refractivity contribution in [3.05, 3.63) is 22.4 Å². The Bertz CT molecular complexity index is 347. The van der Waals surface area contributed by atoms with Crippen LogP contribution >= 0.6 is 11.3 Å². The molecule has 0 aromatic carbocycles. The third kappa shape index (κ3) is 2.82. The van der Waals surface area contributed by atoms with Crippen LogP contribution in [0.2, 0.25) is 0 Å². The molecular formula is C12H17N3S. The number of likely N-dealkylation sites (N-methyl/N-ethyl adjacent to an activating group) is 1. The SMILES string of the molecule is CN1CCN(CC(C#N)c2cccs2)CC1. The van der Waals surface area contributed by atoms with Gasteiger partial charge in [-0.15, -0.1) is 11.3 Å². The van der Waals surface area contributed by atoms with Gasteiger partial charge in [0.1, 0.15) is 0 Å². The Morgan fingerprint density at radius 2 is 2.19 bits per heavy atom. The molecule has 1 aliphatic rings. The van der Waals surface area contributed by atoms with E-state index in [9.17, 15) is 5.26 Å². The van der Waals surface area contributed by atoms with E-state index in [0.717, 1.165) is 32.7 Å². The molecule has 1 aromatic rings. The molecule has 1 unspecified atom stereocenters. The number of hydrogen-bond acceptors (Lipinski definition) is 4. The summed E-state index contributed by atoms with van der Waals surface area (Å²) in [4.78, 5) is 5.93. The molecule has 16 heavy (non-hydrogen) atoms. The minimum absolute atomic E-state index is 0.0448. The van der Waals surface area contributed by atoms with E-state index in [1.165, 1.54) is 4.88 Å². The van der Waals surface area contributed by atoms with E-state index >= 15 is 0 Å². The molecule has 0 spiro atoms. The van der Waals surface area contributed by atoms with E-state index in [2.05, 4.69) is 29.0 Å². The molecule has 2 rings (SSSR count). The van der Waals surface area contributed by atoms with Crippen molar-refractivity contribution < 1.29 is 0 Å². The van der Waals surface area contributed by atoms with Crippen molar-refractivity contribution in [1.29, 1.82) is 5.26 Å². The van der Waals surface area contributed by atoms with Crippen molar-refractivity contribution in [3.8, 4) is 6.07 Å². The van der Waals surface area contributed by atoms with Crippen LogP contribution in [0.5, 0.6) is 0 Å². The van der Waals surface area contributed by atoms with Gasteiger partial charge in [0.2, 0.25) is 0 Å². The highest BCUT2D eigenvalue weighted by atomic mass is 32.1. The molecule has 0 saturated carbocycles. The molecule has 3 nitrogen and oxygen atoms in total.